The lowest BCUT2D eigenvalue weighted by Gasteiger charge is -2.20. The van der Waals surface area contributed by atoms with Crippen LogP contribution in [0.4, 0.5) is 11.4 Å². The molecule has 0 aliphatic carbocycles. The fourth-order valence-electron chi connectivity index (χ4n) is 3.75. The van der Waals surface area contributed by atoms with Crippen LogP contribution in [-0.2, 0) is 17.9 Å². The molecule has 0 bridgehead atoms. The molecule has 0 aliphatic heterocycles. The van der Waals surface area contributed by atoms with Crippen molar-refractivity contribution in [3.8, 4) is 17.2 Å². The van der Waals surface area contributed by atoms with Crippen LogP contribution in [0.1, 0.15) is 40.9 Å². The molecule has 12 heteroatoms. The highest BCUT2D eigenvalue weighted by atomic mass is 16.5. The van der Waals surface area contributed by atoms with E-state index in [4.69, 9.17) is 30.3 Å². The van der Waals surface area contributed by atoms with Gasteiger partial charge in [0.05, 0.1) is 25.4 Å². The summed E-state index contributed by atoms with van der Waals surface area (Å²) in [5.41, 5.74) is 8.34. The van der Waals surface area contributed by atoms with Crippen molar-refractivity contribution in [2.45, 2.75) is 33.1 Å². The van der Waals surface area contributed by atoms with Gasteiger partial charge in [-0.2, -0.15) is 0 Å². The third-order valence-corrected chi connectivity index (χ3v) is 5.56. The molecule has 0 saturated carbocycles. The van der Waals surface area contributed by atoms with E-state index in [0.717, 1.165) is 0 Å². The van der Waals surface area contributed by atoms with Crippen LogP contribution in [0.2, 0.25) is 0 Å². The molecule has 0 aromatic heterocycles. The number of oxime groups is 1. The lowest BCUT2D eigenvalue weighted by molar-refractivity contribution is -0.139. The number of aliphatic hydroxyl groups excluding tert-OH is 1. The molecule has 12 nitrogen and oxygen atoms in total. The Morgan fingerprint density at radius 3 is 2.40 bits per heavy atom. The number of hydrogen-bond donors (Lipinski definition) is 6. The van der Waals surface area contributed by atoms with Gasteiger partial charge in [-0.3, -0.25) is 4.79 Å². The van der Waals surface area contributed by atoms with Crippen molar-refractivity contribution in [1.29, 1.82) is 0 Å². The van der Waals surface area contributed by atoms with Gasteiger partial charge < -0.3 is 46.0 Å². The van der Waals surface area contributed by atoms with Crippen molar-refractivity contribution >= 4 is 29.1 Å². The monoisotopic (exact) mass is 552 g/mol. The fraction of sp³-hybridized carbons (Fsp3) is 0.250. The SMILES string of the molecule is COc1ccc(NCc2cc(CO)cc(OC(C)C)c2OCC(=O)O)c(C(=O)Nc2ccc(/C(N)=N/O)cc2)c1. The number of nitrogens with one attached hydrogen (secondary N) is 2. The van der Waals surface area contributed by atoms with E-state index in [0.29, 0.717) is 39.6 Å². The van der Waals surface area contributed by atoms with E-state index in [1.54, 1.807) is 54.6 Å². The second-order valence-electron chi connectivity index (χ2n) is 8.87. The van der Waals surface area contributed by atoms with E-state index in [1.807, 2.05) is 13.8 Å². The topological polar surface area (TPSA) is 185 Å². The molecule has 0 saturated heterocycles. The van der Waals surface area contributed by atoms with Crippen LogP contribution in [0.3, 0.4) is 0 Å². The van der Waals surface area contributed by atoms with E-state index < -0.39 is 18.5 Å². The van der Waals surface area contributed by atoms with E-state index in [1.165, 1.54) is 7.11 Å². The fourth-order valence-corrected chi connectivity index (χ4v) is 3.75. The molecule has 0 atom stereocenters. The van der Waals surface area contributed by atoms with Gasteiger partial charge in [0.2, 0.25) is 0 Å². The summed E-state index contributed by atoms with van der Waals surface area (Å²) in [5.74, 6) is -0.689. The summed E-state index contributed by atoms with van der Waals surface area (Å²) < 4.78 is 16.7. The van der Waals surface area contributed by atoms with Gasteiger partial charge >= 0.3 is 5.97 Å². The largest absolute Gasteiger partial charge is 0.497 e. The zero-order valence-electron chi connectivity index (χ0n) is 22.3. The molecule has 40 heavy (non-hydrogen) atoms. The Bertz CT molecular complexity index is 1370. The third-order valence-electron chi connectivity index (χ3n) is 5.56. The van der Waals surface area contributed by atoms with E-state index in [9.17, 15) is 14.7 Å². The van der Waals surface area contributed by atoms with Gasteiger partial charge in [-0.25, -0.2) is 4.79 Å². The van der Waals surface area contributed by atoms with Crippen molar-refractivity contribution in [2.75, 3.05) is 24.4 Å². The Kier molecular flexibility index (Phi) is 10.1. The number of hydrogen-bond acceptors (Lipinski definition) is 9. The number of amidine groups is 1. The second-order valence-corrected chi connectivity index (χ2v) is 8.87. The molecule has 3 rings (SSSR count). The average molecular weight is 553 g/mol. The van der Waals surface area contributed by atoms with Gasteiger partial charge in [-0.05, 0) is 74.0 Å². The summed E-state index contributed by atoms with van der Waals surface area (Å²) in [6, 6.07) is 14.6. The maximum Gasteiger partial charge on any atom is 0.341 e. The first-order chi connectivity index (χ1) is 19.1. The minimum absolute atomic E-state index is 0.0592. The first-order valence-electron chi connectivity index (χ1n) is 12.2. The number of nitrogens with two attached hydrogens (primary N) is 1. The molecule has 0 fully saturated rings. The van der Waals surface area contributed by atoms with Gasteiger partial charge in [0.15, 0.2) is 23.9 Å². The summed E-state index contributed by atoms with van der Waals surface area (Å²) in [5, 5.41) is 36.8. The molecule has 0 aliphatic rings. The Morgan fingerprint density at radius 2 is 1.80 bits per heavy atom. The maximum absolute atomic E-state index is 13.3. The number of carboxylic acid groups (broad SMARTS) is 1. The van der Waals surface area contributed by atoms with Crippen molar-refractivity contribution in [3.63, 3.8) is 0 Å². The summed E-state index contributed by atoms with van der Waals surface area (Å²) in [7, 11) is 1.48. The lowest BCUT2D eigenvalue weighted by atomic mass is 10.1. The maximum atomic E-state index is 13.3. The van der Waals surface area contributed by atoms with Gasteiger partial charge in [-0.1, -0.05) is 5.16 Å². The zero-order chi connectivity index (χ0) is 29.2. The van der Waals surface area contributed by atoms with Crippen LogP contribution in [0.5, 0.6) is 17.2 Å². The molecule has 0 heterocycles. The molecular weight excluding hydrogens is 520 g/mol. The number of methoxy groups -OCH3 is 1. The highest BCUT2D eigenvalue weighted by Gasteiger charge is 2.19. The molecule has 0 unspecified atom stereocenters. The Balaban J connectivity index is 1.92. The minimum atomic E-state index is -1.16. The zero-order valence-corrected chi connectivity index (χ0v) is 22.3. The summed E-state index contributed by atoms with van der Waals surface area (Å²) in [6.07, 6.45) is -0.236. The van der Waals surface area contributed by atoms with Crippen LogP contribution in [0.25, 0.3) is 0 Å². The number of carbonyl (C=O) groups is 2. The van der Waals surface area contributed by atoms with Gasteiger partial charge in [-0.15, -0.1) is 0 Å². The standard InChI is InChI=1S/C28H32N4O8/c1-16(2)40-24-11-17(14-33)10-19(26(24)39-15-25(34)35)13-30-23-9-8-21(38-3)12-22(23)28(36)31-20-6-4-18(5-7-20)27(29)32-37/h4-12,16,30,33,37H,13-15H2,1-3H3,(H2,29,32)(H,31,36)(H,34,35). The highest BCUT2D eigenvalue weighted by molar-refractivity contribution is 6.08. The number of anilines is 2. The van der Waals surface area contributed by atoms with Crippen LogP contribution >= 0.6 is 0 Å². The number of aliphatic carboxylic acids is 1. The van der Waals surface area contributed by atoms with Crippen molar-refractivity contribution in [2.24, 2.45) is 10.9 Å². The molecule has 0 spiro atoms. The number of carboxylic acids is 1. The van der Waals surface area contributed by atoms with Crippen LogP contribution < -0.4 is 30.6 Å². The van der Waals surface area contributed by atoms with Gasteiger partial charge in [0.1, 0.15) is 5.75 Å². The Labute approximate surface area is 231 Å². The molecule has 3 aromatic carbocycles. The first-order valence-corrected chi connectivity index (χ1v) is 12.2. The molecule has 1 amide bonds. The highest BCUT2D eigenvalue weighted by Crippen LogP contribution is 2.35. The number of aliphatic hydroxyl groups is 1. The normalized spacial score (nSPS) is 11.2. The molecule has 0 radical (unpaired) electrons. The lowest BCUT2D eigenvalue weighted by Crippen LogP contribution is -2.17. The number of amides is 1. The quantitative estimate of drug-likeness (QED) is 0.0794. The predicted octanol–water partition coefficient (Wildman–Crippen LogP) is 3.40. The Morgan fingerprint density at radius 1 is 1.07 bits per heavy atom. The summed E-state index contributed by atoms with van der Waals surface area (Å²) in [4.78, 5) is 24.5. The van der Waals surface area contributed by atoms with Crippen molar-refractivity contribution in [3.05, 3.63) is 76.9 Å². The average Bonchev–Trinajstić information content (AvgIpc) is 2.94. The number of benzene rings is 3. The van der Waals surface area contributed by atoms with Crippen LogP contribution in [0, 0.1) is 0 Å². The number of carbonyl (C=O) groups excluding carboxylic acids is 1. The van der Waals surface area contributed by atoms with Crippen molar-refractivity contribution < 1.29 is 39.2 Å². The predicted molar refractivity (Wildman–Crippen MR) is 148 cm³/mol. The van der Waals surface area contributed by atoms with Crippen LogP contribution in [0.15, 0.2) is 59.8 Å². The van der Waals surface area contributed by atoms with Gasteiger partial charge in [0, 0.05) is 29.0 Å². The first kappa shape index (κ1) is 29.6. The number of rotatable bonds is 13. The molecule has 212 valence electrons. The summed E-state index contributed by atoms with van der Waals surface area (Å²) >= 11 is 0. The van der Waals surface area contributed by atoms with Crippen molar-refractivity contribution in [1.82, 2.24) is 0 Å². The minimum Gasteiger partial charge on any atom is -0.497 e. The Hall–Kier alpha value is -4.97. The van der Waals surface area contributed by atoms with E-state index in [-0.39, 0.29) is 36.4 Å². The number of nitrogens with zero attached hydrogens (tertiary/aromatic N) is 1. The third kappa shape index (κ3) is 7.77. The second kappa shape index (κ2) is 13.7. The molecule has 7 N–H and O–H groups in total. The van der Waals surface area contributed by atoms with E-state index >= 15 is 0 Å². The smallest absolute Gasteiger partial charge is 0.341 e. The molecular formula is C28H32N4O8. The van der Waals surface area contributed by atoms with E-state index in [2.05, 4.69) is 15.8 Å². The molecule has 3 aromatic rings. The summed E-state index contributed by atoms with van der Waals surface area (Å²) in [6.45, 7) is 2.87. The van der Waals surface area contributed by atoms with Crippen LogP contribution in [-0.4, -0.2) is 53.0 Å². The van der Waals surface area contributed by atoms with Gasteiger partial charge in [0.25, 0.3) is 5.91 Å². The number of ether oxygens (including phenoxy) is 3.